The fraction of sp³-hybridized carbons (Fsp3) is 0.417. The van der Waals surface area contributed by atoms with Gasteiger partial charge in [-0.05, 0) is 49.1 Å². The van der Waals surface area contributed by atoms with Gasteiger partial charge >= 0.3 is 0 Å². The fourth-order valence-corrected chi connectivity index (χ4v) is 3.70. The molecule has 166 valence electrons. The van der Waals surface area contributed by atoms with Crippen molar-refractivity contribution in [2.75, 3.05) is 38.6 Å². The molecule has 0 bridgehead atoms. The lowest BCUT2D eigenvalue weighted by Crippen LogP contribution is -2.52. The average molecular weight is 426 g/mol. The molecule has 1 amide bonds. The maximum absolute atomic E-state index is 13.5. The summed E-state index contributed by atoms with van der Waals surface area (Å²) in [6.45, 7) is 4.38. The van der Waals surface area contributed by atoms with E-state index >= 15 is 0 Å². The molecule has 2 aromatic rings. The topological polar surface area (TPSA) is 60.0 Å². The molecule has 1 fully saturated rings. The minimum atomic E-state index is -0.210. The highest BCUT2D eigenvalue weighted by Crippen LogP contribution is 2.24. The number of nitrogens with one attached hydrogen (secondary N) is 2. The highest BCUT2D eigenvalue weighted by atomic mass is 19.1. The van der Waals surface area contributed by atoms with Crippen LogP contribution in [-0.4, -0.2) is 56.5 Å². The lowest BCUT2D eigenvalue weighted by molar-refractivity contribution is -0.127. The van der Waals surface area contributed by atoms with Crippen LogP contribution in [0.5, 0.6) is 0 Å². The third-order valence-electron chi connectivity index (χ3n) is 5.43. The van der Waals surface area contributed by atoms with E-state index in [-0.39, 0.29) is 24.3 Å². The first-order chi connectivity index (χ1) is 14.9. The van der Waals surface area contributed by atoms with Crippen molar-refractivity contribution in [2.45, 2.75) is 32.4 Å². The van der Waals surface area contributed by atoms with Crippen LogP contribution in [0.1, 0.15) is 24.0 Å². The number of likely N-dealkylation sites (N-methyl/N-ethyl adjacent to an activating group) is 1. The number of carbonyl (C=O) groups excluding carboxylic acids is 1. The standard InChI is InChI=1S/C24H32FN5O/c1-18-14-20(25)11-12-22(18)30-13-7-10-21(17-30)28-24(27-16-23(31)29(2)3)26-15-19-8-5-4-6-9-19/h4-6,8-9,11-12,14,21H,7,10,13,15-17H2,1-3H3,(H2,26,27,28). The Morgan fingerprint density at radius 3 is 2.71 bits per heavy atom. The zero-order valence-corrected chi connectivity index (χ0v) is 18.6. The molecule has 0 spiro atoms. The SMILES string of the molecule is Cc1cc(F)ccc1N1CCCC(NC(=NCc2ccccc2)NCC(=O)N(C)C)C1. The summed E-state index contributed by atoms with van der Waals surface area (Å²) < 4.78 is 13.5. The molecule has 7 heteroatoms. The van der Waals surface area contributed by atoms with Crippen molar-refractivity contribution in [2.24, 2.45) is 4.99 Å². The summed E-state index contributed by atoms with van der Waals surface area (Å²) in [5.41, 5.74) is 3.11. The monoisotopic (exact) mass is 425 g/mol. The zero-order chi connectivity index (χ0) is 22.2. The van der Waals surface area contributed by atoms with Crippen LogP contribution in [0.15, 0.2) is 53.5 Å². The number of hydrogen-bond donors (Lipinski definition) is 2. The number of nitrogens with zero attached hydrogens (tertiary/aromatic N) is 3. The number of halogens is 1. The van der Waals surface area contributed by atoms with Crippen molar-refractivity contribution in [3.63, 3.8) is 0 Å². The van der Waals surface area contributed by atoms with Gasteiger partial charge in [-0.25, -0.2) is 9.38 Å². The van der Waals surface area contributed by atoms with Gasteiger partial charge in [-0.2, -0.15) is 0 Å². The highest BCUT2D eigenvalue weighted by molar-refractivity contribution is 5.86. The van der Waals surface area contributed by atoms with Gasteiger partial charge in [-0.3, -0.25) is 4.79 Å². The van der Waals surface area contributed by atoms with Crippen LogP contribution in [0, 0.1) is 12.7 Å². The third kappa shape index (κ3) is 6.70. The van der Waals surface area contributed by atoms with Gasteiger partial charge in [-0.1, -0.05) is 30.3 Å². The fourth-order valence-electron chi connectivity index (χ4n) is 3.70. The lowest BCUT2D eigenvalue weighted by Gasteiger charge is -2.36. The summed E-state index contributed by atoms with van der Waals surface area (Å²) in [4.78, 5) is 20.6. The first-order valence-corrected chi connectivity index (χ1v) is 10.7. The molecule has 1 unspecified atom stereocenters. The summed E-state index contributed by atoms with van der Waals surface area (Å²) in [5, 5.41) is 6.67. The Labute approximate surface area is 184 Å². The quantitative estimate of drug-likeness (QED) is 0.552. The first-order valence-electron chi connectivity index (χ1n) is 10.7. The predicted molar refractivity (Wildman–Crippen MR) is 124 cm³/mol. The number of rotatable bonds is 6. The van der Waals surface area contributed by atoms with E-state index in [1.54, 1.807) is 25.1 Å². The lowest BCUT2D eigenvalue weighted by atomic mass is 10.0. The van der Waals surface area contributed by atoms with E-state index in [4.69, 9.17) is 4.99 Å². The smallest absolute Gasteiger partial charge is 0.241 e. The second-order valence-corrected chi connectivity index (χ2v) is 8.15. The molecule has 3 rings (SSSR count). The van der Waals surface area contributed by atoms with Crippen molar-refractivity contribution >= 4 is 17.6 Å². The van der Waals surface area contributed by atoms with E-state index < -0.39 is 0 Å². The second kappa shape index (κ2) is 10.8. The van der Waals surface area contributed by atoms with Crippen LogP contribution in [0.2, 0.25) is 0 Å². The molecule has 1 aliphatic rings. The predicted octanol–water partition coefficient (Wildman–Crippen LogP) is 2.93. The van der Waals surface area contributed by atoms with Gasteiger partial charge in [0.15, 0.2) is 5.96 Å². The Hall–Kier alpha value is -3.09. The van der Waals surface area contributed by atoms with Crippen LogP contribution in [0.4, 0.5) is 10.1 Å². The van der Waals surface area contributed by atoms with Crippen LogP contribution in [-0.2, 0) is 11.3 Å². The van der Waals surface area contributed by atoms with E-state index in [9.17, 15) is 9.18 Å². The summed E-state index contributed by atoms with van der Waals surface area (Å²) in [7, 11) is 3.48. The first kappa shape index (κ1) is 22.6. The molecule has 2 aromatic carbocycles. The Balaban J connectivity index is 1.68. The molecular formula is C24H32FN5O. The normalized spacial score (nSPS) is 16.7. The van der Waals surface area contributed by atoms with E-state index in [0.29, 0.717) is 12.5 Å². The van der Waals surface area contributed by atoms with Crippen molar-refractivity contribution < 1.29 is 9.18 Å². The second-order valence-electron chi connectivity index (χ2n) is 8.15. The molecule has 31 heavy (non-hydrogen) atoms. The summed E-state index contributed by atoms with van der Waals surface area (Å²) >= 11 is 0. The molecule has 1 atom stereocenters. The Morgan fingerprint density at radius 2 is 2.00 bits per heavy atom. The molecule has 1 aliphatic heterocycles. The number of piperidine rings is 1. The molecule has 0 aliphatic carbocycles. The summed E-state index contributed by atoms with van der Waals surface area (Å²) in [6.07, 6.45) is 2.03. The summed E-state index contributed by atoms with van der Waals surface area (Å²) in [5.74, 6) is 0.404. The molecule has 1 saturated heterocycles. The minimum Gasteiger partial charge on any atom is -0.369 e. The molecule has 0 aromatic heterocycles. The number of guanidine groups is 1. The van der Waals surface area contributed by atoms with E-state index in [2.05, 4.69) is 15.5 Å². The molecule has 2 N–H and O–H groups in total. The number of aliphatic imine (C=N–C) groups is 1. The number of aryl methyl sites for hydroxylation is 1. The van der Waals surface area contributed by atoms with Gasteiger partial charge in [0.2, 0.25) is 5.91 Å². The molecule has 0 radical (unpaired) electrons. The Bertz CT molecular complexity index is 900. The molecule has 0 saturated carbocycles. The highest BCUT2D eigenvalue weighted by Gasteiger charge is 2.22. The summed E-state index contributed by atoms with van der Waals surface area (Å²) in [6, 6.07) is 15.1. The number of carbonyl (C=O) groups is 1. The van der Waals surface area contributed by atoms with Crippen molar-refractivity contribution in [3.05, 3.63) is 65.5 Å². The zero-order valence-electron chi connectivity index (χ0n) is 18.6. The van der Waals surface area contributed by atoms with Crippen molar-refractivity contribution in [1.29, 1.82) is 0 Å². The van der Waals surface area contributed by atoms with E-state index in [1.165, 1.54) is 6.07 Å². The van der Waals surface area contributed by atoms with E-state index in [0.717, 1.165) is 42.7 Å². The van der Waals surface area contributed by atoms with Gasteiger partial charge in [0.1, 0.15) is 5.82 Å². The molecule has 1 heterocycles. The van der Waals surface area contributed by atoms with Crippen molar-refractivity contribution in [3.8, 4) is 0 Å². The third-order valence-corrected chi connectivity index (χ3v) is 5.43. The number of benzene rings is 2. The number of amides is 1. The maximum Gasteiger partial charge on any atom is 0.241 e. The largest absolute Gasteiger partial charge is 0.369 e. The van der Waals surface area contributed by atoms with Crippen LogP contribution < -0.4 is 15.5 Å². The van der Waals surface area contributed by atoms with Gasteiger partial charge in [0.25, 0.3) is 0 Å². The Kier molecular flexibility index (Phi) is 7.87. The van der Waals surface area contributed by atoms with Crippen LogP contribution in [0.3, 0.4) is 0 Å². The van der Waals surface area contributed by atoms with Gasteiger partial charge in [-0.15, -0.1) is 0 Å². The van der Waals surface area contributed by atoms with Gasteiger partial charge < -0.3 is 20.4 Å². The van der Waals surface area contributed by atoms with Gasteiger partial charge in [0, 0.05) is 38.9 Å². The van der Waals surface area contributed by atoms with E-state index in [1.807, 2.05) is 43.3 Å². The van der Waals surface area contributed by atoms with Crippen LogP contribution in [0.25, 0.3) is 0 Å². The van der Waals surface area contributed by atoms with Crippen LogP contribution >= 0.6 is 0 Å². The molecular weight excluding hydrogens is 393 g/mol. The average Bonchev–Trinajstić information content (AvgIpc) is 2.76. The number of anilines is 1. The minimum absolute atomic E-state index is 0.0126. The Morgan fingerprint density at radius 1 is 1.23 bits per heavy atom. The van der Waals surface area contributed by atoms with Gasteiger partial charge in [0.05, 0.1) is 13.1 Å². The van der Waals surface area contributed by atoms with Crippen molar-refractivity contribution in [1.82, 2.24) is 15.5 Å². The molecule has 6 nitrogen and oxygen atoms in total. The maximum atomic E-state index is 13.5. The number of hydrogen-bond acceptors (Lipinski definition) is 3.